The number of primary amides is 1. The van der Waals surface area contributed by atoms with E-state index in [1.165, 1.54) is 0 Å². The van der Waals surface area contributed by atoms with Crippen LogP contribution in [0.1, 0.15) is 10.4 Å². The average molecular weight is 257 g/mol. The van der Waals surface area contributed by atoms with Gasteiger partial charge in [-0.3, -0.25) is 9.59 Å². The number of amides is 2. The third-order valence-electron chi connectivity index (χ3n) is 1.53. The van der Waals surface area contributed by atoms with E-state index in [4.69, 9.17) is 5.73 Å². The third kappa shape index (κ3) is 3.18. The Morgan fingerprint density at radius 3 is 2.36 bits per heavy atom. The van der Waals surface area contributed by atoms with E-state index in [1.807, 2.05) is 0 Å². The number of carbonyl (C=O) groups is 2. The number of halogens is 1. The fourth-order valence-corrected chi connectivity index (χ4v) is 1.14. The fourth-order valence-electron chi connectivity index (χ4n) is 0.871. The lowest BCUT2D eigenvalue weighted by Gasteiger charge is -2.02. The summed E-state index contributed by atoms with van der Waals surface area (Å²) in [5.74, 6) is -0.869. The number of hydrogen-bond acceptors (Lipinski definition) is 2. The van der Waals surface area contributed by atoms with Crippen LogP contribution < -0.4 is 11.1 Å². The molecule has 1 aromatic rings. The molecule has 5 heteroatoms. The van der Waals surface area contributed by atoms with E-state index in [1.54, 1.807) is 24.3 Å². The van der Waals surface area contributed by atoms with E-state index < -0.39 is 5.91 Å². The number of hydrogen-bond donors (Lipinski definition) is 2. The van der Waals surface area contributed by atoms with Gasteiger partial charge in [-0.15, -0.1) is 0 Å². The van der Waals surface area contributed by atoms with Crippen LogP contribution in [-0.4, -0.2) is 18.4 Å². The Morgan fingerprint density at radius 2 is 1.86 bits per heavy atom. The van der Waals surface area contributed by atoms with Gasteiger partial charge < -0.3 is 11.1 Å². The van der Waals surface area contributed by atoms with E-state index in [9.17, 15) is 9.59 Å². The van der Waals surface area contributed by atoms with Crippen LogP contribution in [0.5, 0.6) is 0 Å². The first-order valence-corrected chi connectivity index (χ1v) is 4.71. The first-order chi connectivity index (χ1) is 6.59. The van der Waals surface area contributed by atoms with Gasteiger partial charge in [0, 0.05) is 10.0 Å². The van der Waals surface area contributed by atoms with Crippen LogP contribution in [0, 0.1) is 0 Å². The van der Waals surface area contributed by atoms with E-state index in [2.05, 4.69) is 21.2 Å². The summed E-state index contributed by atoms with van der Waals surface area (Å²) in [6, 6.07) is 6.80. The van der Waals surface area contributed by atoms with Gasteiger partial charge in [-0.05, 0) is 24.3 Å². The Balaban J connectivity index is 2.61. The lowest BCUT2D eigenvalue weighted by Crippen LogP contribution is -2.33. The van der Waals surface area contributed by atoms with E-state index in [0.717, 1.165) is 4.47 Å². The smallest absolute Gasteiger partial charge is 0.251 e. The Bertz CT molecular complexity index is 348. The second kappa shape index (κ2) is 4.76. The summed E-state index contributed by atoms with van der Waals surface area (Å²) >= 11 is 3.25. The molecule has 0 aliphatic carbocycles. The number of carbonyl (C=O) groups excluding carboxylic acids is 2. The topological polar surface area (TPSA) is 72.2 Å². The van der Waals surface area contributed by atoms with Gasteiger partial charge in [0.1, 0.15) is 0 Å². The maximum atomic E-state index is 11.3. The molecule has 0 unspecified atom stereocenters. The highest BCUT2D eigenvalue weighted by Gasteiger charge is 2.05. The zero-order valence-corrected chi connectivity index (χ0v) is 8.87. The number of benzene rings is 1. The lowest BCUT2D eigenvalue weighted by atomic mass is 10.2. The molecular formula is C9H9BrN2O2. The van der Waals surface area contributed by atoms with Crippen LogP contribution in [0.4, 0.5) is 0 Å². The molecule has 0 aliphatic rings. The van der Waals surface area contributed by atoms with Crippen LogP contribution in [0.15, 0.2) is 28.7 Å². The molecule has 74 valence electrons. The van der Waals surface area contributed by atoms with Crippen LogP contribution in [0.2, 0.25) is 0 Å². The molecule has 0 aliphatic heterocycles. The van der Waals surface area contributed by atoms with E-state index in [-0.39, 0.29) is 12.5 Å². The molecule has 3 N–H and O–H groups in total. The fraction of sp³-hybridized carbons (Fsp3) is 0.111. The maximum absolute atomic E-state index is 11.3. The van der Waals surface area contributed by atoms with Crippen molar-refractivity contribution in [3.8, 4) is 0 Å². The van der Waals surface area contributed by atoms with Gasteiger partial charge in [-0.1, -0.05) is 15.9 Å². The Hall–Kier alpha value is -1.36. The van der Waals surface area contributed by atoms with Gasteiger partial charge in [0.2, 0.25) is 5.91 Å². The minimum absolute atomic E-state index is 0.144. The lowest BCUT2D eigenvalue weighted by molar-refractivity contribution is -0.117. The van der Waals surface area contributed by atoms with Crippen molar-refractivity contribution < 1.29 is 9.59 Å². The molecular weight excluding hydrogens is 248 g/mol. The highest BCUT2D eigenvalue weighted by atomic mass is 79.9. The molecule has 1 rings (SSSR count). The molecule has 14 heavy (non-hydrogen) atoms. The zero-order chi connectivity index (χ0) is 10.6. The van der Waals surface area contributed by atoms with Crippen molar-refractivity contribution in [2.24, 2.45) is 5.73 Å². The van der Waals surface area contributed by atoms with Gasteiger partial charge >= 0.3 is 0 Å². The van der Waals surface area contributed by atoms with Crippen LogP contribution in [0.25, 0.3) is 0 Å². The monoisotopic (exact) mass is 256 g/mol. The summed E-state index contributed by atoms with van der Waals surface area (Å²) in [7, 11) is 0. The quantitative estimate of drug-likeness (QED) is 0.835. The van der Waals surface area contributed by atoms with Gasteiger partial charge in [-0.2, -0.15) is 0 Å². The van der Waals surface area contributed by atoms with Crippen LogP contribution in [-0.2, 0) is 4.79 Å². The Morgan fingerprint density at radius 1 is 1.29 bits per heavy atom. The molecule has 0 radical (unpaired) electrons. The largest absolute Gasteiger partial charge is 0.368 e. The molecule has 4 nitrogen and oxygen atoms in total. The predicted molar refractivity (Wildman–Crippen MR) is 55.7 cm³/mol. The Kier molecular flexibility index (Phi) is 3.64. The van der Waals surface area contributed by atoms with Crippen molar-refractivity contribution in [2.45, 2.75) is 0 Å². The summed E-state index contributed by atoms with van der Waals surface area (Å²) < 4.78 is 0.893. The molecule has 0 aromatic heterocycles. The van der Waals surface area contributed by atoms with Gasteiger partial charge in [-0.25, -0.2) is 0 Å². The zero-order valence-electron chi connectivity index (χ0n) is 7.29. The van der Waals surface area contributed by atoms with Crippen molar-refractivity contribution in [1.29, 1.82) is 0 Å². The summed E-state index contributed by atoms with van der Waals surface area (Å²) in [6.45, 7) is -0.144. The highest BCUT2D eigenvalue weighted by Crippen LogP contribution is 2.10. The first kappa shape index (κ1) is 10.7. The van der Waals surface area contributed by atoms with Crippen LogP contribution >= 0.6 is 15.9 Å². The highest BCUT2D eigenvalue weighted by molar-refractivity contribution is 9.10. The van der Waals surface area contributed by atoms with E-state index >= 15 is 0 Å². The first-order valence-electron chi connectivity index (χ1n) is 3.91. The molecule has 0 fully saturated rings. The summed E-state index contributed by atoms with van der Waals surface area (Å²) in [4.78, 5) is 21.7. The summed E-state index contributed by atoms with van der Waals surface area (Å²) in [5, 5.41) is 2.39. The van der Waals surface area contributed by atoms with Gasteiger partial charge in [0.15, 0.2) is 0 Å². The average Bonchev–Trinajstić information content (AvgIpc) is 2.15. The molecule has 2 amide bonds. The predicted octanol–water partition coefficient (Wildman–Crippen LogP) is 0.664. The molecule has 1 aromatic carbocycles. The summed E-state index contributed by atoms with van der Waals surface area (Å²) in [6.07, 6.45) is 0. The minimum atomic E-state index is -0.560. The normalized spacial score (nSPS) is 9.50. The number of nitrogens with one attached hydrogen (secondary N) is 1. The number of nitrogens with two attached hydrogens (primary N) is 1. The van der Waals surface area contributed by atoms with Crippen LogP contribution in [0.3, 0.4) is 0 Å². The van der Waals surface area contributed by atoms with Crippen molar-refractivity contribution in [3.05, 3.63) is 34.3 Å². The van der Waals surface area contributed by atoms with Crippen molar-refractivity contribution in [3.63, 3.8) is 0 Å². The van der Waals surface area contributed by atoms with Crippen molar-refractivity contribution >= 4 is 27.7 Å². The standard InChI is InChI=1S/C9H9BrN2O2/c10-7-3-1-6(2-4-7)9(14)12-5-8(11)13/h1-4H,5H2,(H2,11,13)(H,12,14). The van der Waals surface area contributed by atoms with E-state index in [0.29, 0.717) is 5.56 Å². The summed E-state index contributed by atoms with van der Waals surface area (Å²) in [5.41, 5.74) is 5.38. The molecule has 0 heterocycles. The Labute approximate surface area is 89.6 Å². The maximum Gasteiger partial charge on any atom is 0.251 e. The van der Waals surface area contributed by atoms with Crippen molar-refractivity contribution in [2.75, 3.05) is 6.54 Å². The molecule has 0 saturated carbocycles. The number of rotatable bonds is 3. The molecule has 0 saturated heterocycles. The minimum Gasteiger partial charge on any atom is -0.368 e. The third-order valence-corrected chi connectivity index (χ3v) is 2.06. The second-order valence-electron chi connectivity index (χ2n) is 2.66. The molecule has 0 bridgehead atoms. The van der Waals surface area contributed by atoms with Gasteiger partial charge in [0.25, 0.3) is 5.91 Å². The van der Waals surface area contributed by atoms with Crippen molar-refractivity contribution in [1.82, 2.24) is 5.32 Å². The molecule has 0 spiro atoms. The molecule has 0 atom stereocenters. The second-order valence-corrected chi connectivity index (χ2v) is 3.57. The SMILES string of the molecule is NC(=O)CNC(=O)c1ccc(Br)cc1. The van der Waals surface area contributed by atoms with Gasteiger partial charge in [0.05, 0.1) is 6.54 Å².